The molecule has 0 aromatic heterocycles. The van der Waals surface area contributed by atoms with Gasteiger partial charge in [0.05, 0.1) is 22.5 Å². The second-order valence-electron chi connectivity index (χ2n) is 7.02. The van der Waals surface area contributed by atoms with E-state index in [1.165, 1.54) is 6.21 Å². The monoisotopic (exact) mass is 489 g/mol. The molecule has 0 saturated heterocycles. The Hall–Kier alpha value is -3.85. The molecule has 0 heterocycles. The number of hydrogen-bond donors (Lipinski definition) is 2. The lowest BCUT2D eigenvalue weighted by atomic mass is 10.2. The fraction of sp³-hybridized carbons (Fsp3) is 0.125. The zero-order chi connectivity index (χ0) is 24.6. The van der Waals surface area contributed by atoms with Crippen molar-refractivity contribution in [3.8, 4) is 11.5 Å². The molecule has 0 radical (unpaired) electrons. The number of hydrazone groups is 1. The lowest BCUT2D eigenvalue weighted by molar-refractivity contribution is -0.137. The highest BCUT2D eigenvalue weighted by Gasteiger charge is 2.31. The van der Waals surface area contributed by atoms with Crippen molar-refractivity contribution in [2.45, 2.75) is 19.0 Å². The quantitative estimate of drug-likeness (QED) is 0.300. The number of halogens is 4. The number of nitrogens with zero attached hydrogens (tertiary/aromatic N) is 1. The lowest BCUT2D eigenvalue weighted by Crippen LogP contribution is -2.21. The summed E-state index contributed by atoms with van der Waals surface area (Å²) in [6.45, 7) is 0. The maximum atomic E-state index is 12.8. The molecule has 6 nitrogen and oxygen atoms in total. The Bertz CT molecular complexity index is 1180. The second kappa shape index (κ2) is 11.3. The van der Waals surface area contributed by atoms with Crippen LogP contribution in [0.3, 0.4) is 0 Å². The highest BCUT2D eigenvalue weighted by molar-refractivity contribution is 6.33. The van der Waals surface area contributed by atoms with E-state index in [-0.39, 0.29) is 23.6 Å². The van der Waals surface area contributed by atoms with E-state index in [1.807, 2.05) is 30.3 Å². The number of rotatable bonds is 8. The van der Waals surface area contributed by atoms with Gasteiger partial charge < -0.3 is 10.1 Å². The van der Waals surface area contributed by atoms with Crippen molar-refractivity contribution >= 4 is 35.3 Å². The Balaban J connectivity index is 1.47. The van der Waals surface area contributed by atoms with Crippen LogP contribution in [0.5, 0.6) is 11.5 Å². The van der Waals surface area contributed by atoms with Gasteiger partial charge in [-0.2, -0.15) is 18.3 Å². The van der Waals surface area contributed by atoms with Crippen LogP contribution in [-0.4, -0.2) is 18.0 Å². The molecule has 2 amide bonds. The highest BCUT2D eigenvalue weighted by Crippen LogP contribution is 2.33. The first kappa shape index (κ1) is 24.8. The van der Waals surface area contributed by atoms with Gasteiger partial charge in [-0.05, 0) is 48.0 Å². The van der Waals surface area contributed by atoms with Gasteiger partial charge in [0.1, 0.15) is 11.5 Å². The Morgan fingerprint density at radius 3 is 2.35 bits per heavy atom. The van der Waals surface area contributed by atoms with Gasteiger partial charge in [-0.3, -0.25) is 9.59 Å². The number of carbonyl (C=O) groups excluding carboxylic acids is 2. The molecule has 0 spiro atoms. The number of benzene rings is 3. The van der Waals surface area contributed by atoms with Crippen LogP contribution < -0.4 is 15.5 Å². The first-order valence-corrected chi connectivity index (χ1v) is 10.4. The fourth-order valence-corrected chi connectivity index (χ4v) is 2.92. The third-order valence-corrected chi connectivity index (χ3v) is 4.72. The Labute approximate surface area is 198 Å². The third kappa shape index (κ3) is 7.63. The Morgan fingerprint density at radius 2 is 1.62 bits per heavy atom. The standard InChI is InChI=1S/C24H19ClF3N3O3/c25-20-10-9-17(24(26,27)28)14-21(20)30-22(32)11-12-23(33)31-29-15-16-5-4-8-19(13-16)34-18-6-2-1-3-7-18/h1-10,13-15H,11-12H2,(H,30,32)(H,31,33). The average molecular weight is 490 g/mol. The number of nitrogens with one attached hydrogen (secondary N) is 2. The molecule has 10 heteroatoms. The van der Waals surface area contributed by atoms with E-state index in [4.69, 9.17) is 16.3 Å². The first-order valence-electron chi connectivity index (χ1n) is 10.0. The van der Waals surface area contributed by atoms with E-state index in [2.05, 4.69) is 15.8 Å². The summed E-state index contributed by atoms with van der Waals surface area (Å²) in [5.41, 5.74) is 1.84. The average Bonchev–Trinajstić information content (AvgIpc) is 2.79. The normalized spacial score (nSPS) is 11.3. The van der Waals surface area contributed by atoms with Crippen molar-refractivity contribution in [2.75, 3.05) is 5.32 Å². The SMILES string of the molecule is O=C(CCC(=O)Nc1cc(C(F)(F)F)ccc1Cl)NN=Cc1cccc(Oc2ccccc2)c1. The molecule has 0 fully saturated rings. The second-order valence-corrected chi connectivity index (χ2v) is 7.43. The van der Waals surface area contributed by atoms with E-state index in [1.54, 1.807) is 24.3 Å². The van der Waals surface area contributed by atoms with Gasteiger partial charge in [-0.15, -0.1) is 0 Å². The predicted octanol–water partition coefficient (Wildman–Crippen LogP) is 6.02. The molecule has 0 unspecified atom stereocenters. The van der Waals surface area contributed by atoms with Crippen LogP contribution in [0.4, 0.5) is 18.9 Å². The summed E-state index contributed by atoms with van der Waals surface area (Å²) in [4.78, 5) is 24.0. The number of alkyl halides is 3. The molecule has 0 saturated carbocycles. The predicted molar refractivity (Wildman–Crippen MR) is 123 cm³/mol. The zero-order valence-electron chi connectivity index (χ0n) is 17.6. The first-order chi connectivity index (χ1) is 16.2. The van der Waals surface area contributed by atoms with E-state index in [0.29, 0.717) is 17.1 Å². The molecule has 0 bridgehead atoms. The zero-order valence-corrected chi connectivity index (χ0v) is 18.4. The van der Waals surface area contributed by atoms with Crippen molar-refractivity contribution in [1.29, 1.82) is 0 Å². The van der Waals surface area contributed by atoms with Crippen molar-refractivity contribution in [2.24, 2.45) is 5.10 Å². The van der Waals surface area contributed by atoms with Crippen LogP contribution in [0.2, 0.25) is 5.02 Å². The minimum absolute atomic E-state index is 0.0473. The molecular weight excluding hydrogens is 471 g/mol. The molecule has 34 heavy (non-hydrogen) atoms. The van der Waals surface area contributed by atoms with Crippen molar-refractivity contribution < 1.29 is 27.5 Å². The number of ether oxygens (including phenoxy) is 1. The number of hydrogen-bond acceptors (Lipinski definition) is 4. The molecule has 0 aliphatic carbocycles. The summed E-state index contributed by atoms with van der Waals surface area (Å²) in [5, 5.41) is 6.08. The lowest BCUT2D eigenvalue weighted by Gasteiger charge is -2.11. The van der Waals surface area contributed by atoms with Crippen LogP contribution in [0.1, 0.15) is 24.0 Å². The largest absolute Gasteiger partial charge is 0.457 e. The van der Waals surface area contributed by atoms with Gasteiger partial charge in [-0.25, -0.2) is 5.43 Å². The molecule has 176 valence electrons. The molecule has 3 rings (SSSR count). The van der Waals surface area contributed by atoms with Gasteiger partial charge in [0, 0.05) is 12.8 Å². The summed E-state index contributed by atoms with van der Waals surface area (Å²) >= 11 is 5.85. The van der Waals surface area contributed by atoms with Crippen molar-refractivity contribution in [3.63, 3.8) is 0 Å². The molecule has 2 N–H and O–H groups in total. The van der Waals surface area contributed by atoms with Crippen LogP contribution in [0.25, 0.3) is 0 Å². The van der Waals surface area contributed by atoms with Gasteiger partial charge in [-0.1, -0.05) is 41.9 Å². The van der Waals surface area contributed by atoms with Gasteiger partial charge in [0.25, 0.3) is 0 Å². The molecule has 0 aliphatic rings. The Morgan fingerprint density at radius 1 is 0.912 bits per heavy atom. The minimum atomic E-state index is -4.57. The van der Waals surface area contributed by atoms with E-state index < -0.39 is 23.6 Å². The van der Waals surface area contributed by atoms with Crippen molar-refractivity contribution in [1.82, 2.24) is 5.43 Å². The van der Waals surface area contributed by atoms with E-state index in [0.717, 1.165) is 18.2 Å². The minimum Gasteiger partial charge on any atom is -0.457 e. The summed E-state index contributed by atoms with van der Waals surface area (Å²) in [5.74, 6) is 0.0605. The van der Waals surface area contributed by atoms with E-state index in [9.17, 15) is 22.8 Å². The van der Waals surface area contributed by atoms with E-state index >= 15 is 0 Å². The summed E-state index contributed by atoms with van der Waals surface area (Å²) in [6, 6.07) is 18.8. The maximum Gasteiger partial charge on any atom is 0.416 e. The Kier molecular flexibility index (Phi) is 8.26. The third-order valence-electron chi connectivity index (χ3n) is 4.39. The maximum absolute atomic E-state index is 12.8. The molecule has 3 aromatic rings. The molecule has 3 aromatic carbocycles. The fourth-order valence-electron chi connectivity index (χ4n) is 2.75. The molecular formula is C24H19ClF3N3O3. The van der Waals surface area contributed by atoms with Crippen LogP contribution in [0, 0.1) is 0 Å². The summed E-state index contributed by atoms with van der Waals surface area (Å²) < 4.78 is 44.2. The molecule has 0 aliphatic heterocycles. The topological polar surface area (TPSA) is 79.8 Å². The number of amides is 2. The van der Waals surface area contributed by atoms with Crippen LogP contribution in [-0.2, 0) is 15.8 Å². The summed E-state index contributed by atoms with van der Waals surface area (Å²) in [7, 11) is 0. The van der Waals surface area contributed by atoms with Crippen LogP contribution in [0.15, 0.2) is 77.9 Å². The summed E-state index contributed by atoms with van der Waals surface area (Å²) in [6.07, 6.45) is -3.65. The smallest absolute Gasteiger partial charge is 0.416 e. The van der Waals surface area contributed by atoms with Gasteiger partial charge in [0.15, 0.2) is 0 Å². The number of anilines is 1. The molecule has 0 atom stereocenters. The van der Waals surface area contributed by atoms with Gasteiger partial charge >= 0.3 is 6.18 Å². The van der Waals surface area contributed by atoms with Crippen molar-refractivity contribution in [3.05, 3.63) is 88.9 Å². The highest BCUT2D eigenvalue weighted by atomic mass is 35.5. The van der Waals surface area contributed by atoms with Gasteiger partial charge in [0.2, 0.25) is 11.8 Å². The number of para-hydroxylation sites is 1. The number of carbonyl (C=O) groups is 2. The van der Waals surface area contributed by atoms with Crippen LogP contribution >= 0.6 is 11.6 Å².